The van der Waals surface area contributed by atoms with Gasteiger partial charge in [0.15, 0.2) is 0 Å². The highest BCUT2D eigenvalue weighted by atomic mass is 32.1. The second-order valence-electron chi connectivity index (χ2n) is 2.09. The summed E-state index contributed by atoms with van der Waals surface area (Å²) in [6.45, 7) is 3.52. The number of rotatable bonds is 0. The zero-order valence-electron chi connectivity index (χ0n) is 5.83. The molecule has 1 rings (SSSR count). The van der Waals surface area contributed by atoms with Crippen LogP contribution in [0.3, 0.4) is 0 Å². The van der Waals surface area contributed by atoms with Crippen molar-refractivity contribution in [3.05, 3.63) is 27.9 Å². The van der Waals surface area contributed by atoms with Crippen LogP contribution >= 0.6 is 12.8 Å². The molecular weight excluding hydrogens is 148 g/mol. The molecule has 0 aliphatic heterocycles. The van der Waals surface area contributed by atoms with Crippen LogP contribution in [0.1, 0.15) is 11.5 Å². The van der Waals surface area contributed by atoms with Crippen LogP contribution in [-0.4, -0.2) is 8.96 Å². The highest BCUT2D eigenvalue weighted by molar-refractivity contribution is 7.78. The van der Waals surface area contributed by atoms with Crippen molar-refractivity contribution in [1.82, 2.24) is 8.96 Å². The molecule has 1 heterocycles. The average molecular weight is 156 g/mol. The Morgan fingerprint density at radius 3 is 2.70 bits per heavy atom. The van der Waals surface area contributed by atoms with Crippen LogP contribution in [0, 0.1) is 13.8 Å². The highest BCUT2D eigenvalue weighted by Crippen LogP contribution is 1.92. The maximum atomic E-state index is 10.9. The van der Waals surface area contributed by atoms with Crippen molar-refractivity contribution in [1.29, 1.82) is 0 Å². The summed E-state index contributed by atoms with van der Waals surface area (Å²) in [5, 5.41) is 0. The van der Waals surface area contributed by atoms with Crippen LogP contribution in [-0.2, 0) is 0 Å². The Bertz CT molecular complexity index is 305. The van der Waals surface area contributed by atoms with E-state index < -0.39 is 0 Å². The minimum Gasteiger partial charge on any atom is -0.268 e. The second kappa shape index (κ2) is 2.46. The summed E-state index contributed by atoms with van der Waals surface area (Å²) in [6, 6.07) is 1.44. The SMILES string of the molecule is Cc1cc(=O)n(S)c(C)n1. The molecule has 0 unspecified atom stereocenters. The summed E-state index contributed by atoms with van der Waals surface area (Å²) < 4.78 is 1.22. The van der Waals surface area contributed by atoms with Gasteiger partial charge in [0.05, 0.1) is 0 Å². The molecule has 0 fully saturated rings. The maximum Gasteiger partial charge on any atom is 0.263 e. The lowest BCUT2D eigenvalue weighted by Gasteiger charge is -1.99. The van der Waals surface area contributed by atoms with Crippen LogP contribution in [0.4, 0.5) is 0 Å². The molecule has 0 amide bonds. The Kier molecular flexibility index (Phi) is 1.80. The first-order valence-electron chi connectivity index (χ1n) is 2.88. The van der Waals surface area contributed by atoms with Gasteiger partial charge in [-0.2, -0.15) is 0 Å². The molecule has 4 heteroatoms. The molecule has 0 spiro atoms. The van der Waals surface area contributed by atoms with Gasteiger partial charge in [0.25, 0.3) is 5.56 Å². The van der Waals surface area contributed by atoms with E-state index in [1.165, 1.54) is 10.0 Å². The number of thiol groups is 1. The Hall–Kier alpha value is -0.770. The minimum absolute atomic E-state index is 0.131. The summed E-state index contributed by atoms with van der Waals surface area (Å²) >= 11 is 3.90. The van der Waals surface area contributed by atoms with Gasteiger partial charge < -0.3 is 0 Å². The molecular formula is C6H8N2OS. The van der Waals surface area contributed by atoms with Crippen LogP contribution in [0.25, 0.3) is 0 Å². The van der Waals surface area contributed by atoms with Gasteiger partial charge >= 0.3 is 0 Å². The third kappa shape index (κ3) is 1.21. The molecule has 10 heavy (non-hydrogen) atoms. The minimum atomic E-state index is -0.131. The summed E-state index contributed by atoms with van der Waals surface area (Å²) in [4.78, 5) is 14.9. The first-order valence-corrected chi connectivity index (χ1v) is 3.28. The van der Waals surface area contributed by atoms with Crippen molar-refractivity contribution in [3.8, 4) is 0 Å². The van der Waals surface area contributed by atoms with E-state index in [1.807, 2.05) is 0 Å². The summed E-state index contributed by atoms with van der Waals surface area (Å²) in [5.41, 5.74) is 0.598. The van der Waals surface area contributed by atoms with Gasteiger partial charge in [-0.15, -0.1) is 0 Å². The van der Waals surface area contributed by atoms with E-state index in [2.05, 4.69) is 17.8 Å². The molecule has 0 aromatic carbocycles. The lowest BCUT2D eigenvalue weighted by molar-refractivity contribution is 0.943. The predicted molar refractivity (Wildman–Crippen MR) is 42.4 cm³/mol. The van der Waals surface area contributed by atoms with Crippen LogP contribution in [0.15, 0.2) is 10.9 Å². The second-order valence-corrected chi connectivity index (χ2v) is 2.49. The van der Waals surface area contributed by atoms with E-state index in [1.54, 1.807) is 13.8 Å². The van der Waals surface area contributed by atoms with Gasteiger partial charge in [-0.1, -0.05) is 12.8 Å². The van der Waals surface area contributed by atoms with Gasteiger partial charge in [0.1, 0.15) is 5.82 Å². The molecule has 54 valence electrons. The topological polar surface area (TPSA) is 34.9 Å². The molecule has 1 aromatic rings. The molecule has 0 aliphatic carbocycles. The van der Waals surface area contributed by atoms with Gasteiger partial charge in [-0.25, -0.2) is 8.96 Å². The third-order valence-corrected chi connectivity index (χ3v) is 1.67. The van der Waals surface area contributed by atoms with E-state index in [9.17, 15) is 4.79 Å². The zero-order valence-corrected chi connectivity index (χ0v) is 6.72. The van der Waals surface area contributed by atoms with E-state index in [0.717, 1.165) is 5.69 Å². The largest absolute Gasteiger partial charge is 0.268 e. The van der Waals surface area contributed by atoms with Crippen LogP contribution in [0.5, 0.6) is 0 Å². The summed E-state index contributed by atoms with van der Waals surface area (Å²) in [7, 11) is 0. The standard InChI is InChI=1S/C6H8N2OS/c1-4-3-6(9)8(10)5(2)7-4/h3,10H,1-2H3. The van der Waals surface area contributed by atoms with E-state index in [4.69, 9.17) is 0 Å². The molecule has 0 aliphatic rings. The molecule has 1 aromatic heterocycles. The number of nitrogens with zero attached hydrogens (tertiary/aromatic N) is 2. The highest BCUT2D eigenvalue weighted by Gasteiger charge is 1.96. The van der Waals surface area contributed by atoms with Crippen molar-refractivity contribution in [2.24, 2.45) is 0 Å². The average Bonchev–Trinajstić information content (AvgIpc) is 1.82. The Morgan fingerprint density at radius 1 is 1.60 bits per heavy atom. The fourth-order valence-electron chi connectivity index (χ4n) is 0.734. The molecule has 0 saturated heterocycles. The molecule has 3 nitrogen and oxygen atoms in total. The van der Waals surface area contributed by atoms with Crippen molar-refractivity contribution < 1.29 is 0 Å². The number of hydrogen-bond donors (Lipinski definition) is 1. The normalized spacial score (nSPS) is 9.90. The predicted octanol–water partition coefficient (Wildman–Crippen LogP) is 0.553. The molecule has 0 bridgehead atoms. The smallest absolute Gasteiger partial charge is 0.263 e. The fraction of sp³-hybridized carbons (Fsp3) is 0.333. The first-order chi connectivity index (χ1) is 4.61. The van der Waals surface area contributed by atoms with Crippen LogP contribution in [0.2, 0.25) is 0 Å². The Labute approximate surface area is 64.3 Å². The number of hydrogen-bond acceptors (Lipinski definition) is 3. The lowest BCUT2D eigenvalue weighted by Crippen LogP contribution is -2.16. The third-order valence-electron chi connectivity index (χ3n) is 1.19. The summed E-state index contributed by atoms with van der Waals surface area (Å²) in [6.07, 6.45) is 0. The fourth-order valence-corrected chi connectivity index (χ4v) is 0.837. The zero-order chi connectivity index (χ0) is 7.72. The molecule has 0 N–H and O–H groups in total. The quantitative estimate of drug-likeness (QED) is 0.557. The maximum absolute atomic E-state index is 10.9. The number of aryl methyl sites for hydroxylation is 2. The molecule has 0 radical (unpaired) electrons. The van der Waals surface area contributed by atoms with Gasteiger partial charge in [-0.3, -0.25) is 4.79 Å². The first kappa shape index (κ1) is 7.34. The molecule has 0 saturated carbocycles. The monoisotopic (exact) mass is 156 g/mol. The lowest BCUT2D eigenvalue weighted by atomic mass is 10.4. The van der Waals surface area contributed by atoms with E-state index in [0.29, 0.717) is 5.82 Å². The van der Waals surface area contributed by atoms with Crippen molar-refractivity contribution in [3.63, 3.8) is 0 Å². The van der Waals surface area contributed by atoms with Crippen molar-refractivity contribution >= 4 is 12.8 Å². The number of aromatic nitrogens is 2. The van der Waals surface area contributed by atoms with Crippen molar-refractivity contribution in [2.45, 2.75) is 13.8 Å². The molecule has 0 atom stereocenters. The van der Waals surface area contributed by atoms with Gasteiger partial charge in [0.2, 0.25) is 0 Å². The van der Waals surface area contributed by atoms with Crippen molar-refractivity contribution in [2.75, 3.05) is 0 Å². The Balaban J connectivity index is 3.46. The summed E-state index contributed by atoms with van der Waals surface area (Å²) in [5.74, 6) is 0.619. The van der Waals surface area contributed by atoms with E-state index in [-0.39, 0.29) is 5.56 Å². The van der Waals surface area contributed by atoms with E-state index >= 15 is 0 Å². The van der Waals surface area contributed by atoms with Crippen LogP contribution < -0.4 is 5.56 Å². The Morgan fingerprint density at radius 2 is 2.20 bits per heavy atom. The van der Waals surface area contributed by atoms with Gasteiger partial charge in [-0.05, 0) is 13.8 Å². The van der Waals surface area contributed by atoms with Gasteiger partial charge in [0, 0.05) is 11.8 Å².